The summed E-state index contributed by atoms with van der Waals surface area (Å²) < 4.78 is 25.6. The van der Waals surface area contributed by atoms with E-state index in [0.717, 1.165) is 18.4 Å². The monoisotopic (exact) mass is 309 g/mol. The summed E-state index contributed by atoms with van der Waals surface area (Å²) in [6.07, 6.45) is 2.49. The smallest absolute Gasteiger partial charge is 0.182 e. The van der Waals surface area contributed by atoms with Crippen LogP contribution in [-0.2, 0) is 15.3 Å². The largest absolute Gasteiger partial charge is 0.327 e. The lowest BCUT2D eigenvalue weighted by Crippen LogP contribution is -2.44. The van der Waals surface area contributed by atoms with Crippen LogP contribution < -0.4 is 5.73 Å². The molecule has 118 valence electrons. The Morgan fingerprint density at radius 3 is 2.19 bits per heavy atom. The van der Waals surface area contributed by atoms with E-state index in [1.807, 2.05) is 12.1 Å². The van der Waals surface area contributed by atoms with Gasteiger partial charge in [-0.15, -0.1) is 0 Å². The van der Waals surface area contributed by atoms with Gasteiger partial charge in [0, 0.05) is 6.04 Å². The number of benzene rings is 1. The molecule has 0 spiro atoms. The first kappa shape index (κ1) is 16.5. The quantitative estimate of drug-likeness (QED) is 0.912. The first-order chi connectivity index (χ1) is 9.62. The van der Waals surface area contributed by atoms with Gasteiger partial charge in [-0.05, 0) is 48.3 Å². The van der Waals surface area contributed by atoms with Crippen LogP contribution in [0.15, 0.2) is 29.2 Å². The van der Waals surface area contributed by atoms with Crippen LogP contribution >= 0.6 is 0 Å². The number of sulfone groups is 1. The van der Waals surface area contributed by atoms with Crippen molar-refractivity contribution in [3.8, 4) is 0 Å². The van der Waals surface area contributed by atoms with Gasteiger partial charge in [-0.25, -0.2) is 8.42 Å². The first-order valence-corrected chi connectivity index (χ1v) is 9.27. The van der Waals surface area contributed by atoms with Crippen molar-refractivity contribution in [2.45, 2.75) is 68.6 Å². The van der Waals surface area contributed by atoms with Crippen molar-refractivity contribution in [1.82, 2.24) is 0 Å². The molecule has 4 heteroatoms. The summed E-state index contributed by atoms with van der Waals surface area (Å²) in [4.78, 5) is 0.407. The predicted molar refractivity (Wildman–Crippen MR) is 87.1 cm³/mol. The van der Waals surface area contributed by atoms with Crippen molar-refractivity contribution >= 4 is 9.84 Å². The molecule has 1 fully saturated rings. The molecule has 0 bridgehead atoms. The molecule has 2 rings (SSSR count). The van der Waals surface area contributed by atoms with E-state index < -0.39 is 15.1 Å². The average Bonchev–Trinajstić information content (AvgIpc) is 2.40. The third-order valence-corrected chi connectivity index (χ3v) is 6.82. The van der Waals surface area contributed by atoms with Gasteiger partial charge in [-0.2, -0.15) is 0 Å². The zero-order valence-electron chi connectivity index (χ0n) is 13.5. The van der Waals surface area contributed by atoms with Crippen LogP contribution in [0.3, 0.4) is 0 Å². The summed E-state index contributed by atoms with van der Waals surface area (Å²) in [6.45, 7) is 8.47. The standard InChI is InChI=1S/C17H27NO2S/c1-12-5-10-15(18)16(11-12)21(19,20)14-8-6-13(7-9-14)17(2,3)4/h6-9,12,15-16H,5,10-11,18H2,1-4H3. The molecule has 1 aliphatic carbocycles. The Labute approximate surface area is 128 Å². The molecule has 2 N–H and O–H groups in total. The molecule has 0 saturated heterocycles. The number of hydrogen-bond donors (Lipinski definition) is 1. The summed E-state index contributed by atoms with van der Waals surface area (Å²) in [7, 11) is -3.33. The fraction of sp³-hybridized carbons (Fsp3) is 0.647. The molecule has 0 radical (unpaired) electrons. The van der Waals surface area contributed by atoms with Gasteiger partial charge in [0.1, 0.15) is 0 Å². The van der Waals surface area contributed by atoms with Crippen LogP contribution in [-0.4, -0.2) is 19.7 Å². The molecule has 0 amide bonds. The van der Waals surface area contributed by atoms with Gasteiger partial charge in [-0.3, -0.25) is 0 Å². The highest BCUT2D eigenvalue weighted by molar-refractivity contribution is 7.92. The van der Waals surface area contributed by atoms with Gasteiger partial charge in [0.15, 0.2) is 9.84 Å². The summed E-state index contributed by atoms with van der Waals surface area (Å²) in [5.74, 6) is 0.429. The minimum absolute atomic E-state index is 0.0258. The maximum absolute atomic E-state index is 12.8. The summed E-state index contributed by atoms with van der Waals surface area (Å²) >= 11 is 0. The van der Waals surface area contributed by atoms with Crippen LogP contribution in [0.25, 0.3) is 0 Å². The third kappa shape index (κ3) is 3.49. The fourth-order valence-electron chi connectivity index (χ4n) is 3.03. The Morgan fingerprint density at radius 1 is 1.10 bits per heavy atom. The van der Waals surface area contributed by atoms with E-state index >= 15 is 0 Å². The van der Waals surface area contributed by atoms with E-state index in [2.05, 4.69) is 27.7 Å². The predicted octanol–water partition coefficient (Wildman–Crippen LogP) is 3.27. The lowest BCUT2D eigenvalue weighted by atomic mass is 9.87. The summed E-state index contributed by atoms with van der Waals surface area (Å²) in [6, 6.07) is 7.08. The molecule has 21 heavy (non-hydrogen) atoms. The van der Waals surface area contributed by atoms with E-state index in [9.17, 15) is 8.42 Å². The van der Waals surface area contributed by atoms with E-state index in [1.54, 1.807) is 12.1 Å². The maximum Gasteiger partial charge on any atom is 0.182 e. The van der Waals surface area contributed by atoms with Crippen molar-refractivity contribution in [3.63, 3.8) is 0 Å². The SMILES string of the molecule is CC1CCC(N)C(S(=O)(=O)c2ccc(C(C)(C)C)cc2)C1. The molecule has 3 atom stereocenters. The van der Waals surface area contributed by atoms with E-state index in [4.69, 9.17) is 5.73 Å². The lowest BCUT2D eigenvalue weighted by molar-refractivity contribution is 0.346. The first-order valence-electron chi connectivity index (χ1n) is 7.72. The molecule has 0 aliphatic heterocycles. The molecule has 0 heterocycles. The topological polar surface area (TPSA) is 60.2 Å². The molecule has 0 aromatic heterocycles. The lowest BCUT2D eigenvalue weighted by Gasteiger charge is -2.32. The summed E-state index contributed by atoms with van der Waals surface area (Å²) in [5.41, 5.74) is 7.25. The van der Waals surface area contributed by atoms with Crippen molar-refractivity contribution in [1.29, 1.82) is 0 Å². The number of nitrogens with two attached hydrogens (primary N) is 1. The van der Waals surface area contributed by atoms with Crippen LogP contribution in [0.4, 0.5) is 0 Å². The zero-order chi connectivity index (χ0) is 15.8. The Morgan fingerprint density at radius 2 is 1.67 bits per heavy atom. The zero-order valence-corrected chi connectivity index (χ0v) is 14.3. The Hall–Kier alpha value is -0.870. The molecule has 1 aromatic carbocycles. The van der Waals surface area contributed by atoms with Crippen molar-refractivity contribution in [2.24, 2.45) is 11.7 Å². The normalized spacial score (nSPS) is 27.6. The van der Waals surface area contributed by atoms with Crippen LogP contribution in [0.1, 0.15) is 52.5 Å². The highest BCUT2D eigenvalue weighted by atomic mass is 32.2. The second-order valence-corrected chi connectivity index (χ2v) is 9.61. The van der Waals surface area contributed by atoms with Gasteiger partial charge < -0.3 is 5.73 Å². The molecular weight excluding hydrogens is 282 g/mol. The van der Waals surface area contributed by atoms with E-state index in [1.165, 1.54) is 0 Å². The number of rotatable bonds is 2. The number of hydrogen-bond acceptors (Lipinski definition) is 3. The van der Waals surface area contributed by atoms with Gasteiger partial charge in [0.2, 0.25) is 0 Å². The van der Waals surface area contributed by atoms with Crippen molar-refractivity contribution < 1.29 is 8.42 Å². The molecule has 3 unspecified atom stereocenters. The Balaban J connectivity index is 2.31. The maximum atomic E-state index is 12.8. The minimum atomic E-state index is -3.33. The average molecular weight is 309 g/mol. The Kier molecular flexibility index (Phi) is 4.50. The van der Waals surface area contributed by atoms with Gasteiger partial charge in [0.05, 0.1) is 10.1 Å². The molecular formula is C17H27NO2S. The van der Waals surface area contributed by atoms with Crippen molar-refractivity contribution in [3.05, 3.63) is 29.8 Å². The van der Waals surface area contributed by atoms with Gasteiger partial charge >= 0.3 is 0 Å². The highest BCUT2D eigenvalue weighted by Crippen LogP contribution is 2.32. The molecule has 1 aliphatic rings. The van der Waals surface area contributed by atoms with Crippen LogP contribution in [0.5, 0.6) is 0 Å². The molecule has 1 saturated carbocycles. The minimum Gasteiger partial charge on any atom is -0.327 e. The second-order valence-electron chi connectivity index (χ2n) is 7.44. The fourth-order valence-corrected chi connectivity index (χ4v) is 5.07. The second kappa shape index (κ2) is 5.73. The molecule has 1 aromatic rings. The van der Waals surface area contributed by atoms with Gasteiger partial charge in [-0.1, -0.05) is 39.8 Å². The summed E-state index contributed by atoms with van der Waals surface area (Å²) in [5, 5.41) is -0.443. The van der Waals surface area contributed by atoms with E-state index in [-0.39, 0.29) is 11.5 Å². The third-order valence-electron chi connectivity index (χ3n) is 4.55. The van der Waals surface area contributed by atoms with E-state index in [0.29, 0.717) is 17.2 Å². The molecule has 3 nitrogen and oxygen atoms in total. The van der Waals surface area contributed by atoms with Crippen LogP contribution in [0.2, 0.25) is 0 Å². The van der Waals surface area contributed by atoms with Crippen molar-refractivity contribution in [2.75, 3.05) is 0 Å². The van der Waals surface area contributed by atoms with Crippen LogP contribution in [0, 0.1) is 5.92 Å². The Bertz CT molecular complexity index is 584. The van der Waals surface area contributed by atoms with Gasteiger partial charge in [0.25, 0.3) is 0 Å². The highest BCUT2D eigenvalue weighted by Gasteiger charge is 2.36.